The lowest BCUT2D eigenvalue weighted by Gasteiger charge is -2.40. The lowest BCUT2D eigenvalue weighted by atomic mass is 9.91. The second-order valence-corrected chi connectivity index (χ2v) is 11.0. The number of carbonyl (C=O) groups is 2. The minimum atomic E-state index is -0.597. The molecule has 1 aliphatic carbocycles. The molecule has 192 valence electrons. The number of ether oxygens (including phenoxy) is 2. The van der Waals surface area contributed by atoms with E-state index in [9.17, 15) is 9.59 Å². The summed E-state index contributed by atoms with van der Waals surface area (Å²) in [5.74, 6) is -0.258. The predicted molar refractivity (Wildman–Crippen MR) is 136 cm³/mol. The number of benzene rings is 1. The molecular formula is C27H40N4O4. The highest BCUT2D eigenvalue weighted by atomic mass is 16.6. The van der Waals surface area contributed by atoms with Gasteiger partial charge in [0.1, 0.15) is 5.60 Å². The van der Waals surface area contributed by atoms with Crippen LogP contribution in [-0.4, -0.2) is 71.3 Å². The first-order valence-corrected chi connectivity index (χ1v) is 12.8. The maximum atomic E-state index is 14.1. The minimum Gasteiger partial charge on any atom is -0.444 e. The molecule has 2 amide bonds. The van der Waals surface area contributed by atoms with Gasteiger partial charge in [0.15, 0.2) is 0 Å². The summed E-state index contributed by atoms with van der Waals surface area (Å²) in [6.07, 6.45) is 5.88. The average Bonchev–Trinajstić information content (AvgIpc) is 3.54. The standard InChI is InChI=1S/C27H40N4O4/c1-27(2,3)35-26(33)30-16-18(14-19(28)17-30)25(32)31(20-11-12-20)24(10-7-13-34-4)22-15-29-23-9-6-5-8-21(22)23/h5-6,8-9,15,18-20,24,29H,7,10-14,16-17,28H2,1-4H3/t18-,19-,24?/m0/s1. The van der Waals surface area contributed by atoms with Crippen molar-refractivity contribution in [2.45, 2.75) is 76.6 Å². The van der Waals surface area contributed by atoms with Crippen LogP contribution in [0.25, 0.3) is 10.9 Å². The predicted octanol–water partition coefficient (Wildman–Crippen LogP) is 4.21. The van der Waals surface area contributed by atoms with Gasteiger partial charge in [0.2, 0.25) is 5.91 Å². The molecule has 0 spiro atoms. The van der Waals surface area contributed by atoms with Gasteiger partial charge in [-0.1, -0.05) is 18.2 Å². The molecule has 3 N–H and O–H groups in total. The Morgan fingerprint density at radius 3 is 2.66 bits per heavy atom. The van der Waals surface area contributed by atoms with Crippen molar-refractivity contribution in [2.24, 2.45) is 11.7 Å². The first-order valence-electron chi connectivity index (χ1n) is 12.8. The number of H-pyrrole nitrogens is 1. The number of nitrogens with two attached hydrogens (primary N) is 1. The van der Waals surface area contributed by atoms with E-state index in [1.54, 1.807) is 12.0 Å². The third-order valence-electron chi connectivity index (χ3n) is 6.82. The van der Waals surface area contributed by atoms with Crippen molar-refractivity contribution in [1.82, 2.24) is 14.8 Å². The molecule has 4 rings (SSSR count). The molecule has 2 fully saturated rings. The highest BCUT2D eigenvalue weighted by molar-refractivity contribution is 5.86. The van der Waals surface area contributed by atoms with Crippen molar-refractivity contribution in [3.05, 3.63) is 36.0 Å². The van der Waals surface area contributed by atoms with Gasteiger partial charge in [-0.25, -0.2) is 4.79 Å². The zero-order valence-corrected chi connectivity index (χ0v) is 21.5. The van der Waals surface area contributed by atoms with Crippen LogP contribution in [-0.2, 0) is 14.3 Å². The van der Waals surface area contributed by atoms with E-state index in [1.807, 2.05) is 39.1 Å². The van der Waals surface area contributed by atoms with Crippen molar-refractivity contribution in [2.75, 3.05) is 26.8 Å². The summed E-state index contributed by atoms with van der Waals surface area (Å²) >= 11 is 0. The van der Waals surface area contributed by atoms with Gasteiger partial charge >= 0.3 is 6.09 Å². The number of aromatic amines is 1. The first-order chi connectivity index (χ1) is 16.7. The van der Waals surface area contributed by atoms with Crippen LogP contribution in [0.5, 0.6) is 0 Å². The molecule has 2 heterocycles. The lowest BCUT2D eigenvalue weighted by molar-refractivity contribution is -0.141. The zero-order valence-electron chi connectivity index (χ0n) is 21.5. The molecule has 1 aromatic heterocycles. The minimum absolute atomic E-state index is 0.0607. The monoisotopic (exact) mass is 484 g/mol. The van der Waals surface area contributed by atoms with Crippen LogP contribution < -0.4 is 5.73 Å². The topological polar surface area (TPSA) is 101 Å². The summed E-state index contributed by atoms with van der Waals surface area (Å²) in [5.41, 5.74) is 7.96. The number of para-hydroxylation sites is 1. The van der Waals surface area contributed by atoms with Gasteiger partial charge in [0.25, 0.3) is 0 Å². The van der Waals surface area contributed by atoms with Crippen LogP contribution in [0.2, 0.25) is 0 Å². The number of aromatic nitrogens is 1. The number of rotatable bonds is 8. The number of fused-ring (bicyclic) bond motifs is 1. The van der Waals surface area contributed by atoms with E-state index in [2.05, 4.69) is 22.0 Å². The Balaban J connectivity index is 1.60. The van der Waals surface area contributed by atoms with Crippen LogP contribution >= 0.6 is 0 Å². The number of likely N-dealkylation sites (tertiary alicyclic amines) is 1. The number of nitrogens with zero attached hydrogens (tertiary/aromatic N) is 2. The Morgan fingerprint density at radius 1 is 1.23 bits per heavy atom. The number of nitrogens with one attached hydrogen (secondary N) is 1. The smallest absolute Gasteiger partial charge is 0.410 e. The van der Waals surface area contributed by atoms with Crippen LogP contribution in [0.1, 0.15) is 64.5 Å². The molecule has 0 radical (unpaired) electrons. The third kappa shape index (κ3) is 6.16. The number of carbonyl (C=O) groups excluding carboxylic acids is 2. The van der Waals surface area contributed by atoms with E-state index < -0.39 is 11.7 Å². The Bertz CT molecular complexity index is 1030. The van der Waals surface area contributed by atoms with Gasteiger partial charge in [-0.2, -0.15) is 0 Å². The van der Waals surface area contributed by atoms with Gasteiger partial charge in [-0.3, -0.25) is 4.79 Å². The lowest BCUT2D eigenvalue weighted by Crippen LogP contribution is -2.55. The van der Waals surface area contributed by atoms with Gasteiger partial charge < -0.3 is 30.0 Å². The summed E-state index contributed by atoms with van der Waals surface area (Å²) in [6.45, 7) is 6.92. The van der Waals surface area contributed by atoms with E-state index in [0.29, 0.717) is 26.1 Å². The van der Waals surface area contributed by atoms with Crippen LogP contribution in [0, 0.1) is 5.92 Å². The summed E-state index contributed by atoms with van der Waals surface area (Å²) in [5, 5.41) is 1.14. The fraction of sp³-hybridized carbons (Fsp3) is 0.630. The summed E-state index contributed by atoms with van der Waals surface area (Å²) in [7, 11) is 1.71. The molecule has 3 atom stereocenters. The molecule has 8 nitrogen and oxygen atoms in total. The summed E-state index contributed by atoms with van der Waals surface area (Å²) in [4.78, 5) is 34.0. The Kier molecular flexibility index (Phi) is 7.71. The third-order valence-corrected chi connectivity index (χ3v) is 6.82. The molecule has 1 aromatic carbocycles. The van der Waals surface area contributed by atoms with Gasteiger partial charge in [0, 0.05) is 56.0 Å². The number of methoxy groups -OCH3 is 1. The Hall–Kier alpha value is -2.58. The molecule has 8 heteroatoms. The quantitative estimate of drug-likeness (QED) is 0.547. The maximum Gasteiger partial charge on any atom is 0.410 e. The second-order valence-electron chi connectivity index (χ2n) is 11.0. The Morgan fingerprint density at radius 2 is 1.97 bits per heavy atom. The van der Waals surface area contributed by atoms with Gasteiger partial charge in [0.05, 0.1) is 12.0 Å². The highest BCUT2D eigenvalue weighted by Gasteiger charge is 2.43. The van der Waals surface area contributed by atoms with Crippen molar-refractivity contribution < 1.29 is 19.1 Å². The van der Waals surface area contributed by atoms with Crippen LogP contribution in [0.15, 0.2) is 30.5 Å². The van der Waals surface area contributed by atoms with Crippen molar-refractivity contribution in [3.8, 4) is 0 Å². The van der Waals surface area contributed by atoms with Crippen molar-refractivity contribution in [3.63, 3.8) is 0 Å². The van der Waals surface area contributed by atoms with E-state index in [0.717, 1.165) is 42.1 Å². The van der Waals surface area contributed by atoms with Crippen LogP contribution in [0.3, 0.4) is 0 Å². The van der Waals surface area contributed by atoms with E-state index in [-0.39, 0.29) is 30.0 Å². The molecule has 1 saturated heterocycles. The fourth-order valence-corrected chi connectivity index (χ4v) is 5.18. The zero-order chi connectivity index (χ0) is 25.2. The molecule has 2 aromatic rings. The SMILES string of the molecule is COCCCC(c1c[nH]c2ccccc12)N(C(=O)[C@H]1C[C@H](N)CN(C(=O)OC(C)(C)C)C1)C1CC1. The molecule has 0 bridgehead atoms. The molecule has 1 aliphatic heterocycles. The molecule has 35 heavy (non-hydrogen) atoms. The normalized spacial score (nSPS) is 21.7. The van der Waals surface area contributed by atoms with E-state index in [1.165, 1.54) is 0 Å². The number of hydrogen-bond donors (Lipinski definition) is 2. The first kappa shape index (κ1) is 25.5. The molecule has 1 saturated carbocycles. The van der Waals surface area contributed by atoms with Crippen molar-refractivity contribution in [1.29, 1.82) is 0 Å². The molecule has 2 aliphatic rings. The summed E-state index contributed by atoms with van der Waals surface area (Å²) in [6, 6.07) is 8.13. The number of hydrogen-bond acceptors (Lipinski definition) is 5. The highest BCUT2D eigenvalue weighted by Crippen LogP contribution is 2.41. The van der Waals surface area contributed by atoms with E-state index >= 15 is 0 Å². The molecular weight excluding hydrogens is 444 g/mol. The fourth-order valence-electron chi connectivity index (χ4n) is 5.18. The Labute approximate surface area is 208 Å². The number of piperidine rings is 1. The second kappa shape index (κ2) is 10.6. The van der Waals surface area contributed by atoms with Crippen molar-refractivity contribution >= 4 is 22.9 Å². The largest absolute Gasteiger partial charge is 0.444 e. The van der Waals surface area contributed by atoms with Crippen LogP contribution in [0.4, 0.5) is 4.79 Å². The van der Waals surface area contributed by atoms with Gasteiger partial charge in [-0.15, -0.1) is 0 Å². The van der Waals surface area contributed by atoms with E-state index in [4.69, 9.17) is 15.2 Å². The molecule has 1 unspecified atom stereocenters. The maximum absolute atomic E-state index is 14.1. The summed E-state index contributed by atoms with van der Waals surface area (Å²) < 4.78 is 10.9. The number of amides is 2. The average molecular weight is 485 g/mol. The van der Waals surface area contributed by atoms with Gasteiger partial charge in [-0.05, 0) is 64.5 Å².